The van der Waals surface area contributed by atoms with Crippen LogP contribution >= 0.6 is 24.0 Å². The molecule has 130 valence electrons. The van der Waals surface area contributed by atoms with E-state index < -0.39 is 0 Å². The molecule has 0 atom stereocenters. The molecule has 1 aliphatic carbocycles. The highest BCUT2D eigenvalue weighted by molar-refractivity contribution is 14.0. The number of nitrogens with one attached hydrogen (secondary N) is 1. The van der Waals surface area contributed by atoms with Crippen molar-refractivity contribution in [1.82, 2.24) is 9.78 Å². The summed E-state index contributed by atoms with van der Waals surface area (Å²) in [4.78, 5) is 4.38. The molecule has 2 aromatic rings. The number of hydrogen-bond donors (Lipinski definition) is 2. The summed E-state index contributed by atoms with van der Waals surface area (Å²) in [6.07, 6.45) is 8.20. The van der Waals surface area contributed by atoms with Gasteiger partial charge in [-0.2, -0.15) is 5.10 Å². The molecule has 0 spiro atoms. The first-order valence-electron chi connectivity index (χ1n) is 8.44. The number of anilines is 1. The summed E-state index contributed by atoms with van der Waals surface area (Å²) < 4.78 is 2.09. The van der Waals surface area contributed by atoms with E-state index in [4.69, 9.17) is 5.73 Å². The Morgan fingerprint density at radius 2 is 1.96 bits per heavy atom. The summed E-state index contributed by atoms with van der Waals surface area (Å²) in [5.41, 5.74) is 9.19. The molecule has 0 amide bonds. The molecule has 24 heavy (non-hydrogen) atoms. The molecule has 1 saturated carbocycles. The van der Waals surface area contributed by atoms with Gasteiger partial charge in [-0.25, -0.2) is 4.99 Å². The van der Waals surface area contributed by atoms with Crippen molar-refractivity contribution in [1.29, 1.82) is 0 Å². The number of guanidine groups is 1. The molecule has 0 radical (unpaired) electrons. The summed E-state index contributed by atoms with van der Waals surface area (Å²) >= 11 is 0. The molecule has 1 aromatic carbocycles. The highest BCUT2D eigenvalue weighted by Gasteiger charge is 2.17. The topological polar surface area (TPSA) is 68.2 Å². The molecule has 5 nitrogen and oxygen atoms in total. The number of hydrogen-bond acceptors (Lipinski definition) is 2. The van der Waals surface area contributed by atoms with E-state index >= 15 is 0 Å². The van der Waals surface area contributed by atoms with Gasteiger partial charge >= 0.3 is 0 Å². The van der Waals surface area contributed by atoms with Gasteiger partial charge in [-0.05, 0) is 43.0 Å². The lowest BCUT2D eigenvalue weighted by Gasteiger charge is -2.08. The van der Waals surface area contributed by atoms with Crippen LogP contribution in [0, 0.1) is 0 Å². The van der Waals surface area contributed by atoms with Crippen molar-refractivity contribution in [3.8, 4) is 0 Å². The molecular weight excluding hydrogens is 413 g/mol. The van der Waals surface area contributed by atoms with E-state index in [-0.39, 0.29) is 24.0 Å². The predicted octanol–water partition coefficient (Wildman–Crippen LogP) is 4.11. The summed E-state index contributed by atoms with van der Waals surface area (Å²) in [7, 11) is 0. The minimum atomic E-state index is 0. The van der Waals surface area contributed by atoms with Crippen LogP contribution in [-0.2, 0) is 13.0 Å². The van der Waals surface area contributed by atoms with Crippen molar-refractivity contribution >= 4 is 35.6 Å². The van der Waals surface area contributed by atoms with Crippen LogP contribution in [0.5, 0.6) is 0 Å². The fourth-order valence-electron chi connectivity index (χ4n) is 3.01. The van der Waals surface area contributed by atoms with E-state index in [1.807, 2.05) is 18.2 Å². The summed E-state index contributed by atoms with van der Waals surface area (Å²) in [6.45, 7) is 2.65. The van der Waals surface area contributed by atoms with Crippen LogP contribution in [0.3, 0.4) is 0 Å². The van der Waals surface area contributed by atoms with Crippen LogP contribution in [-0.4, -0.2) is 15.7 Å². The number of nitrogens with two attached hydrogens (primary N) is 1. The van der Waals surface area contributed by atoms with Crippen molar-refractivity contribution in [2.24, 2.45) is 10.7 Å². The maximum Gasteiger partial charge on any atom is 0.193 e. The second kappa shape index (κ2) is 9.05. The second-order valence-corrected chi connectivity index (χ2v) is 6.10. The van der Waals surface area contributed by atoms with E-state index in [9.17, 15) is 0 Å². The molecule has 0 saturated heterocycles. The average Bonchev–Trinajstić information content (AvgIpc) is 3.25. The van der Waals surface area contributed by atoms with Crippen molar-refractivity contribution in [3.63, 3.8) is 0 Å². The molecule has 6 heteroatoms. The smallest absolute Gasteiger partial charge is 0.193 e. The number of aromatic nitrogens is 2. The van der Waals surface area contributed by atoms with Crippen molar-refractivity contribution in [3.05, 3.63) is 47.8 Å². The zero-order valence-corrected chi connectivity index (χ0v) is 16.4. The highest BCUT2D eigenvalue weighted by atomic mass is 127. The first-order chi connectivity index (χ1) is 11.2. The van der Waals surface area contributed by atoms with Crippen LogP contribution in [0.2, 0.25) is 0 Å². The van der Waals surface area contributed by atoms with E-state index in [1.165, 1.54) is 31.2 Å². The molecule has 0 bridgehead atoms. The summed E-state index contributed by atoms with van der Waals surface area (Å²) in [6, 6.07) is 10.8. The Morgan fingerprint density at radius 1 is 1.25 bits per heavy atom. The van der Waals surface area contributed by atoms with Crippen molar-refractivity contribution < 1.29 is 0 Å². The van der Waals surface area contributed by atoms with Gasteiger partial charge in [0, 0.05) is 11.9 Å². The van der Waals surface area contributed by atoms with Crippen LogP contribution in [0.25, 0.3) is 0 Å². The minimum Gasteiger partial charge on any atom is -0.370 e. The molecule has 0 unspecified atom stereocenters. The van der Waals surface area contributed by atoms with Gasteiger partial charge < -0.3 is 11.1 Å². The van der Waals surface area contributed by atoms with Gasteiger partial charge in [0.25, 0.3) is 0 Å². The molecule has 1 aliphatic rings. The zero-order chi connectivity index (χ0) is 16.1. The monoisotopic (exact) mass is 439 g/mol. The van der Waals surface area contributed by atoms with Crippen LogP contribution in [0.4, 0.5) is 5.69 Å². The molecule has 1 fully saturated rings. The maximum atomic E-state index is 5.96. The number of aryl methyl sites for hydroxylation is 1. The lowest BCUT2D eigenvalue weighted by atomic mass is 10.1. The normalized spacial score (nSPS) is 15.3. The third-order valence-corrected chi connectivity index (χ3v) is 4.41. The molecule has 1 heterocycles. The molecule has 3 N–H and O–H groups in total. The average molecular weight is 439 g/mol. The van der Waals surface area contributed by atoms with Gasteiger partial charge in [-0.15, -0.1) is 24.0 Å². The van der Waals surface area contributed by atoms with Crippen molar-refractivity contribution in [2.75, 3.05) is 5.32 Å². The predicted molar refractivity (Wildman–Crippen MR) is 110 cm³/mol. The van der Waals surface area contributed by atoms with Gasteiger partial charge in [0.15, 0.2) is 5.96 Å². The standard InChI is InChI=1S/C18H25N5.HI/c1-2-14-7-9-15(10-8-14)21-18(19)20-13-16-11-12-23(22-16)17-5-3-4-6-17;/h7-12,17H,2-6,13H2,1H3,(H3,19,20,21);1H. The van der Waals surface area contributed by atoms with Gasteiger partial charge in [-0.3, -0.25) is 4.68 Å². The Balaban J connectivity index is 0.00000208. The minimum absolute atomic E-state index is 0. The Kier molecular flexibility index (Phi) is 7.08. The Labute approximate surface area is 160 Å². The lowest BCUT2D eigenvalue weighted by molar-refractivity contribution is 0.463. The fourth-order valence-corrected chi connectivity index (χ4v) is 3.01. The fraction of sp³-hybridized carbons (Fsp3) is 0.444. The molecule has 3 rings (SSSR count). The van der Waals surface area contributed by atoms with E-state index in [1.54, 1.807) is 0 Å². The summed E-state index contributed by atoms with van der Waals surface area (Å²) in [5, 5.41) is 7.74. The molecule has 1 aromatic heterocycles. The maximum absolute atomic E-state index is 5.96. The third-order valence-electron chi connectivity index (χ3n) is 4.41. The summed E-state index contributed by atoms with van der Waals surface area (Å²) in [5.74, 6) is 0.421. The quantitative estimate of drug-likeness (QED) is 0.419. The van der Waals surface area contributed by atoms with Gasteiger partial charge in [-0.1, -0.05) is 31.9 Å². The van der Waals surface area contributed by atoms with Gasteiger partial charge in [0.05, 0.1) is 18.3 Å². The van der Waals surface area contributed by atoms with E-state index in [0.717, 1.165) is 17.8 Å². The SMILES string of the molecule is CCc1ccc(NC(N)=NCc2ccn(C3CCCC3)n2)cc1.I. The van der Waals surface area contributed by atoms with Crippen LogP contribution in [0.1, 0.15) is 49.9 Å². The number of halogens is 1. The Hall–Kier alpha value is -1.57. The van der Waals surface area contributed by atoms with Gasteiger partial charge in [0.1, 0.15) is 0 Å². The van der Waals surface area contributed by atoms with E-state index in [0.29, 0.717) is 18.5 Å². The zero-order valence-electron chi connectivity index (χ0n) is 14.1. The first kappa shape index (κ1) is 18.8. The molecule has 0 aliphatic heterocycles. The van der Waals surface area contributed by atoms with Crippen molar-refractivity contribution in [2.45, 2.75) is 51.6 Å². The number of aliphatic imine (C=N–C) groups is 1. The molecular formula is C18H26IN5. The lowest BCUT2D eigenvalue weighted by Crippen LogP contribution is -2.22. The van der Waals surface area contributed by atoms with Crippen LogP contribution < -0.4 is 11.1 Å². The Bertz CT molecular complexity index is 656. The third kappa shape index (κ3) is 4.96. The number of nitrogens with zero attached hydrogens (tertiary/aromatic N) is 3. The van der Waals surface area contributed by atoms with Crippen LogP contribution in [0.15, 0.2) is 41.5 Å². The highest BCUT2D eigenvalue weighted by Crippen LogP contribution is 2.28. The Morgan fingerprint density at radius 3 is 2.62 bits per heavy atom. The van der Waals surface area contributed by atoms with Gasteiger partial charge in [0.2, 0.25) is 0 Å². The second-order valence-electron chi connectivity index (χ2n) is 6.10. The number of rotatable bonds is 5. The first-order valence-corrected chi connectivity index (χ1v) is 8.44. The largest absolute Gasteiger partial charge is 0.370 e. The number of benzene rings is 1. The van der Waals surface area contributed by atoms with E-state index in [2.05, 4.69) is 45.3 Å².